The molecule has 2 aliphatic carbocycles. The zero-order valence-electron chi connectivity index (χ0n) is 13.0. The van der Waals surface area contributed by atoms with Crippen LogP contribution in [-0.2, 0) is 0 Å². The van der Waals surface area contributed by atoms with E-state index in [0.29, 0.717) is 22.5 Å². The van der Waals surface area contributed by atoms with E-state index in [-0.39, 0.29) is 5.82 Å². The molecule has 0 amide bonds. The number of nitrogens with one attached hydrogen (secondary N) is 1. The maximum Gasteiger partial charge on any atom is 0.127 e. The Kier molecular flexibility index (Phi) is 4.56. The van der Waals surface area contributed by atoms with E-state index < -0.39 is 0 Å². The molecule has 3 atom stereocenters. The normalized spacial score (nSPS) is 29.0. The van der Waals surface area contributed by atoms with Gasteiger partial charge in [0.25, 0.3) is 0 Å². The lowest BCUT2D eigenvalue weighted by atomic mass is 9.97. The minimum atomic E-state index is -0.203. The van der Waals surface area contributed by atoms with Gasteiger partial charge in [-0.3, -0.25) is 0 Å². The molecule has 0 radical (unpaired) electrons. The summed E-state index contributed by atoms with van der Waals surface area (Å²) in [6.45, 7) is 5.00. The second-order valence-corrected chi connectivity index (χ2v) is 7.15. The Hall–Kier alpha value is -0.600. The van der Waals surface area contributed by atoms with Crippen LogP contribution >= 0.6 is 11.6 Å². The average molecular weight is 310 g/mol. The molecule has 0 heterocycles. The van der Waals surface area contributed by atoms with Gasteiger partial charge in [0.15, 0.2) is 0 Å². The van der Waals surface area contributed by atoms with Crippen LogP contribution in [0.25, 0.3) is 0 Å². The quantitative estimate of drug-likeness (QED) is 0.782. The Balaban J connectivity index is 1.87. The van der Waals surface area contributed by atoms with Crippen molar-refractivity contribution in [1.82, 2.24) is 5.32 Å². The minimum Gasteiger partial charge on any atom is -0.310 e. The standard InChI is InChI=1S/C18H25ClFN/c1-3-8-21-18(17-12-6-4-5-7-13(12)17)14-9-11(2)16(20)10-15(14)19/h9-10,12-13,17-18,21H,3-8H2,1-2H3. The number of hydrogen-bond acceptors (Lipinski definition) is 1. The maximum absolute atomic E-state index is 13.7. The minimum absolute atomic E-state index is 0.203. The summed E-state index contributed by atoms with van der Waals surface area (Å²) >= 11 is 6.36. The first-order valence-electron chi connectivity index (χ1n) is 8.32. The highest BCUT2D eigenvalue weighted by atomic mass is 35.5. The fourth-order valence-electron chi connectivity index (χ4n) is 4.21. The van der Waals surface area contributed by atoms with E-state index in [0.717, 1.165) is 30.4 Å². The van der Waals surface area contributed by atoms with E-state index in [4.69, 9.17) is 11.6 Å². The van der Waals surface area contributed by atoms with Crippen LogP contribution in [0.4, 0.5) is 4.39 Å². The molecule has 21 heavy (non-hydrogen) atoms. The van der Waals surface area contributed by atoms with Crippen LogP contribution in [0.3, 0.4) is 0 Å². The van der Waals surface area contributed by atoms with Crippen molar-refractivity contribution in [3.63, 3.8) is 0 Å². The zero-order chi connectivity index (χ0) is 15.0. The third-order valence-corrected chi connectivity index (χ3v) is 5.66. The maximum atomic E-state index is 13.7. The van der Waals surface area contributed by atoms with E-state index >= 15 is 0 Å². The fourth-order valence-corrected chi connectivity index (χ4v) is 4.48. The molecule has 1 aromatic rings. The molecule has 0 saturated heterocycles. The summed E-state index contributed by atoms with van der Waals surface area (Å²) < 4.78 is 13.7. The Morgan fingerprint density at radius 1 is 1.29 bits per heavy atom. The molecule has 2 fully saturated rings. The monoisotopic (exact) mass is 309 g/mol. The van der Waals surface area contributed by atoms with E-state index in [1.807, 2.05) is 13.0 Å². The fraction of sp³-hybridized carbons (Fsp3) is 0.667. The summed E-state index contributed by atoms with van der Waals surface area (Å²) in [5, 5.41) is 4.26. The summed E-state index contributed by atoms with van der Waals surface area (Å²) in [4.78, 5) is 0. The smallest absolute Gasteiger partial charge is 0.127 e. The highest BCUT2D eigenvalue weighted by molar-refractivity contribution is 6.31. The summed E-state index contributed by atoms with van der Waals surface area (Å²) in [5.41, 5.74) is 1.80. The molecule has 1 N–H and O–H groups in total. The number of rotatable bonds is 5. The van der Waals surface area contributed by atoms with Gasteiger partial charge in [-0.05, 0) is 67.7 Å². The molecule has 2 aliphatic rings. The van der Waals surface area contributed by atoms with Gasteiger partial charge in [-0.15, -0.1) is 0 Å². The van der Waals surface area contributed by atoms with Crippen LogP contribution in [0, 0.1) is 30.5 Å². The summed E-state index contributed by atoms with van der Waals surface area (Å²) in [7, 11) is 0. The Morgan fingerprint density at radius 2 is 1.95 bits per heavy atom. The third-order valence-electron chi connectivity index (χ3n) is 5.33. The van der Waals surface area contributed by atoms with Gasteiger partial charge in [0, 0.05) is 11.1 Å². The van der Waals surface area contributed by atoms with Gasteiger partial charge in [0.2, 0.25) is 0 Å². The van der Waals surface area contributed by atoms with Gasteiger partial charge in [-0.2, -0.15) is 0 Å². The number of fused-ring (bicyclic) bond motifs is 1. The number of hydrogen-bond donors (Lipinski definition) is 1. The SMILES string of the molecule is CCCNC(c1cc(C)c(F)cc1Cl)C1C2CCCCC21. The topological polar surface area (TPSA) is 12.0 Å². The third kappa shape index (κ3) is 2.98. The molecule has 3 heteroatoms. The van der Waals surface area contributed by atoms with Crippen LogP contribution in [0.15, 0.2) is 12.1 Å². The van der Waals surface area contributed by atoms with E-state index in [1.54, 1.807) is 0 Å². The predicted octanol–water partition coefficient (Wildman–Crippen LogP) is 5.26. The van der Waals surface area contributed by atoms with Crippen LogP contribution in [0.2, 0.25) is 5.02 Å². The van der Waals surface area contributed by atoms with Crippen molar-refractivity contribution in [1.29, 1.82) is 0 Å². The second-order valence-electron chi connectivity index (χ2n) is 6.74. The largest absolute Gasteiger partial charge is 0.310 e. The van der Waals surface area contributed by atoms with E-state index in [9.17, 15) is 4.39 Å². The van der Waals surface area contributed by atoms with E-state index in [1.165, 1.54) is 31.7 Å². The molecule has 3 rings (SSSR count). The number of halogens is 2. The first kappa shape index (κ1) is 15.3. The van der Waals surface area contributed by atoms with Crippen molar-refractivity contribution in [2.75, 3.05) is 6.54 Å². The van der Waals surface area contributed by atoms with Gasteiger partial charge < -0.3 is 5.32 Å². The molecule has 0 bridgehead atoms. The van der Waals surface area contributed by atoms with Crippen LogP contribution in [0.5, 0.6) is 0 Å². The highest BCUT2D eigenvalue weighted by Crippen LogP contribution is 2.60. The van der Waals surface area contributed by atoms with Crippen LogP contribution in [-0.4, -0.2) is 6.54 Å². The molecule has 1 aromatic carbocycles. The van der Waals surface area contributed by atoms with Crippen molar-refractivity contribution in [2.45, 2.75) is 52.0 Å². The lowest BCUT2D eigenvalue weighted by Gasteiger charge is -2.22. The Morgan fingerprint density at radius 3 is 2.57 bits per heavy atom. The Labute approximate surface area is 132 Å². The van der Waals surface area contributed by atoms with Crippen molar-refractivity contribution < 1.29 is 4.39 Å². The van der Waals surface area contributed by atoms with Gasteiger partial charge in [0.05, 0.1) is 0 Å². The molecular formula is C18H25ClFN. The summed E-state index contributed by atoms with van der Waals surface area (Å²) in [6.07, 6.45) is 6.56. The molecule has 2 saturated carbocycles. The summed E-state index contributed by atoms with van der Waals surface area (Å²) in [5.74, 6) is 2.21. The molecule has 0 aromatic heterocycles. The lowest BCUT2D eigenvalue weighted by molar-refractivity contribution is 0.444. The highest BCUT2D eigenvalue weighted by Gasteiger charge is 2.54. The number of aryl methyl sites for hydroxylation is 1. The first-order chi connectivity index (χ1) is 10.1. The van der Waals surface area contributed by atoms with Gasteiger partial charge in [0.1, 0.15) is 5.82 Å². The second kappa shape index (κ2) is 6.26. The van der Waals surface area contributed by atoms with Gasteiger partial charge in [-0.1, -0.05) is 37.4 Å². The van der Waals surface area contributed by atoms with Crippen molar-refractivity contribution in [3.05, 3.63) is 34.1 Å². The van der Waals surface area contributed by atoms with E-state index in [2.05, 4.69) is 12.2 Å². The number of benzene rings is 1. The molecule has 3 unspecified atom stereocenters. The molecule has 1 nitrogen and oxygen atoms in total. The summed E-state index contributed by atoms with van der Waals surface area (Å²) in [6, 6.07) is 3.73. The lowest BCUT2D eigenvalue weighted by Crippen LogP contribution is -2.25. The molecule has 0 aliphatic heterocycles. The van der Waals surface area contributed by atoms with Crippen molar-refractivity contribution >= 4 is 11.6 Å². The van der Waals surface area contributed by atoms with Crippen molar-refractivity contribution in [2.24, 2.45) is 17.8 Å². The van der Waals surface area contributed by atoms with Gasteiger partial charge >= 0.3 is 0 Å². The van der Waals surface area contributed by atoms with Crippen molar-refractivity contribution in [3.8, 4) is 0 Å². The Bertz CT molecular complexity index is 504. The van der Waals surface area contributed by atoms with Gasteiger partial charge in [-0.25, -0.2) is 4.39 Å². The van der Waals surface area contributed by atoms with Crippen LogP contribution in [0.1, 0.15) is 56.2 Å². The predicted molar refractivity (Wildman–Crippen MR) is 86.1 cm³/mol. The average Bonchev–Trinajstić information content (AvgIpc) is 3.19. The zero-order valence-corrected chi connectivity index (χ0v) is 13.7. The molecule has 0 spiro atoms. The first-order valence-corrected chi connectivity index (χ1v) is 8.70. The molecular weight excluding hydrogens is 285 g/mol. The molecule has 116 valence electrons. The van der Waals surface area contributed by atoms with Crippen LogP contribution < -0.4 is 5.32 Å².